The zero-order valence-electron chi connectivity index (χ0n) is 10.8. The van der Waals surface area contributed by atoms with Crippen molar-refractivity contribution in [2.75, 3.05) is 13.1 Å². The van der Waals surface area contributed by atoms with Gasteiger partial charge >= 0.3 is 0 Å². The van der Waals surface area contributed by atoms with E-state index in [0.717, 1.165) is 18.5 Å². The topological polar surface area (TPSA) is 29.3 Å². The zero-order chi connectivity index (χ0) is 11.4. The van der Waals surface area contributed by atoms with Crippen LogP contribution in [0.25, 0.3) is 0 Å². The number of hydrogen-bond acceptors (Lipinski definition) is 2. The van der Waals surface area contributed by atoms with E-state index in [9.17, 15) is 0 Å². The van der Waals surface area contributed by atoms with Crippen LogP contribution in [0.15, 0.2) is 0 Å². The minimum absolute atomic E-state index is 0.664. The molecule has 0 spiro atoms. The second-order valence-electron chi connectivity index (χ2n) is 5.81. The molecule has 94 valence electrons. The number of nitrogens with zero attached hydrogens (tertiary/aromatic N) is 1. The fourth-order valence-corrected chi connectivity index (χ4v) is 3.69. The van der Waals surface area contributed by atoms with Crippen LogP contribution in [0.2, 0.25) is 0 Å². The van der Waals surface area contributed by atoms with Gasteiger partial charge in [0.25, 0.3) is 0 Å². The number of piperidine rings is 1. The molecule has 0 aromatic heterocycles. The molecule has 1 heterocycles. The molecular weight excluding hydrogens is 196 g/mol. The van der Waals surface area contributed by atoms with Gasteiger partial charge in [0.1, 0.15) is 0 Å². The maximum Gasteiger partial charge on any atom is 0.0246 e. The van der Waals surface area contributed by atoms with Crippen LogP contribution in [0.4, 0.5) is 0 Å². The van der Waals surface area contributed by atoms with Gasteiger partial charge in [0.05, 0.1) is 0 Å². The third-order valence-electron chi connectivity index (χ3n) is 4.69. The second-order valence-corrected chi connectivity index (χ2v) is 5.81. The number of rotatable bonds is 2. The molecule has 1 saturated carbocycles. The summed E-state index contributed by atoms with van der Waals surface area (Å²) in [6.07, 6.45) is 11.4. The maximum atomic E-state index is 5.99. The lowest BCUT2D eigenvalue weighted by Gasteiger charge is -2.44. The molecule has 2 N–H and O–H groups in total. The van der Waals surface area contributed by atoms with E-state index in [0.29, 0.717) is 6.04 Å². The lowest BCUT2D eigenvalue weighted by molar-refractivity contribution is 0.0551. The highest BCUT2D eigenvalue weighted by atomic mass is 15.2. The van der Waals surface area contributed by atoms with E-state index in [4.69, 9.17) is 5.73 Å². The SMILES string of the molecule is CC1CCCN(C2CCCCCC2)C1CN. The molecule has 2 atom stereocenters. The molecule has 2 nitrogen and oxygen atoms in total. The van der Waals surface area contributed by atoms with Crippen LogP contribution in [0.5, 0.6) is 0 Å². The zero-order valence-corrected chi connectivity index (χ0v) is 10.8. The van der Waals surface area contributed by atoms with Gasteiger partial charge in [-0.15, -0.1) is 0 Å². The molecule has 0 aromatic rings. The molecule has 0 amide bonds. The second kappa shape index (κ2) is 6.02. The first-order valence-electron chi connectivity index (χ1n) is 7.28. The first-order chi connectivity index (χ1) is 7.83. The van der Waals surface area contributed by atoms with Crippen molar-refractivity contribution in [2.24, 2.45) is 11.7 Å². The standard InChI is InChI=1S/C14H28N2/c1-12-7-6-10-16(14(12)11-15)13-8-4-2-3-5-9-13/h12-14H,2-11,15H2,1H3. The van der Waals surface area contributed by atoms with Gasteiger partial charge in [-0.25, -0.2) is 0 Å². The Bertz CT molecular complexity index is 197. The molecule has 1 aliphatic heterocycles. The van der Waals surface area contributed by atoms with Crippen molar-refractivity contribution in [3.05, 3.63) is 0 Å². The Morgan fingerprint density at radius 1 is 1.00 bits per heavy atom. The molecule has 1 saturated heterocycles. The summed E-state index contributed by atoms with van der Waals surface area (Å²) in [4.78, 5) is 2.76. The molecule has 2 fully saturated rings. The van der Waals surface area contributed by atoms with Crippen LogP contribution in [0, 0.1) is 5.92 Å². The minimum atomic E-state index is 0.664. The number of likely N-dealkylation sites (tertiary alicyclic amines) is 1. The fourth-order valence-electron chi connectivity index (χ4n) is 3.69. The van der Waals surface area contributed by atoms with Crippen LogP contribution in [-0.4, -0.2) is 30.1 Å². The Morgan fingerprint density at radius 2 is 1.69 bits per heavy atom. The molecular formula is C14H28N2. The van der Waals surface area contributed by atoms with E-state index in [1.165, 1.54) is 57.9 Å². The van der Waals surface area contributed by atoms with E-state index < -0.39 is 0 Å². The highest BCUT2D eigenvalue weighted by Crippen LogP contribution is 2.30. The van der Waals surface area contributed by atoms with Crippen LogP contribution < -0.4 is 5.73 Å². The first-order valence-corrected chi connectivity index (χ1v) is 7.28. The lowest BCUT2D eigenvalue weighted by atomic mass is 9.88. The molecule has 2 aliphatic rings. The van der Waals surface area contributed by atoms with E-state index in [1.54, 1.807) is 0 Å². The van der Waals surface area contributed by atoms with Gasteiger partial charge in [0.2, 0.25) is 0 Å². The van der Waals surface area contributed by atoms with Crippen LogP contribution in [0.1, 0.15) is 58.3 Å². The molecule has 0 aromatic carbocycles. The molecule has 16 heavy (non-hydrogen) atoms. The van der Waals surface area contributed by atoms with E-state index >= 15 is 0 Å². The number of nitrogens with two attached hydrogens (primary N) is 1. The fraction of sp³-hybridized carbons (Fsp3) is 1.00. The van der Waals surface area contributed by atoms with Gasteiger partial charge in [-0.2, -0.15) is 0 Å². The largest absolute Gasteiger partial charge is 0.329 e. The van der Waals surface area contributed by atoms with Gasteiger partial charge in [-0.05, 0) is 38.1 Å². The van der Waals surface area contributed by atoms with E-state index in [1.807, 2.05) is 0 Å². The highest BCUT2D eigenvalue weighted by molar-refractivity contribution is 4.87. The van der Waals surface area contributed by atoms with Gasteiger partial charge in [0, 0.05) is 18.6 Å². The minimum Gasteiger partial charge on any atom is -0.329 e. The van der Waals surface area contributed by atoms with E-state index in [2.05, 4.69) is 11.8 Å². The van der Waals surface area contributed by atoms with Gasteiger partial charge in [0.15, 0.2) is 0 Å². The van der Waals surface area contributed by atoms with Gasteiger partial charge < -0.3 is 5.73 Å². The Morgan fingerprint density at radius 3 is 2.31 bits per heavy atom. The summed E-state index contributed by atoms with van der Waals surface area (Å²) < 4.78 is 0. The molecule has 1 aliphatic carbocycles. The molecule has 2 unspecified atom stereocenters. The van der Waals surface area contributed by atoms with Crippen molar-refractivity contribution in [3.8, 4) is 0 Å². The van der Waals surface area contributed by atoms with Crippen LogP contribution in [-0.2, 0) is 0 Å². The summed E-state index contributed by atoms with van der Waals surface area (Å²) >= 11 is 0. The molecule has 2 rings (SSSR count). The summed E-state index contributed by atoms with van der Waals surface area (Å²) in [5.74, 6) is 0.807. The monoisotopic (exact) mass is 224 g/mol. The predicted octanol–water partition coefficient (Wildman–Crippen LogP) is 2.77. The van der Waals surface area contributed by atoms with E-state index in [-0.39, 0.29) is 0 Å². The summed E-state index contributed by atoms with van der Waals surface area (Å²) in [6, 6.07) is 1.51. The third-order valence-corrected chi connectivity index (χ3v) is 4.69. The average Bonchev–Trinajstić information content (AvgIpc) is 2.57. The highest BCUT2D eigenvalue weighted by Gasteiger charge is 2.32. The van der Waals surface area contributed by atoms with Crippen molar-refractivity contribution in [3.63, 3.8) is 0 Å². The maximum absolute atomic E-state index is 5.99. The van der Waals surface area contributed by atoms with Crippen LogP contribution >= 0.6 is 0 Å². The van der Waals surface area contributed by atoms with Crippen molar-refractivity contribution in [1.82, 2.24) is 4.90 Å². The van der Waals surface area contributed by atoms with Crippen LogP contribution in [0.3, 0.4) is 0 Å². The molecule has 0 radical (unpaired) electrons. The normalized spacial score (nSPS) is 34.9. The summed E-state index contributed by atoms with van der Waals surface area (Å²) in [5, 5.41) is 0. The Labute approximate surface area is 101 Å². The summed E-state index contributed by atoms with van der Waals surface area (Å²) in [6.45, 7) is 4.55. The van der Waals surface area contributed by atoms with Crippen molar-refractivity contribution in [1.29, 1.82) is 0 Å². The first kappa shape index (κ1) is 12.4. The quantitative estimate of drug-likeness (QED) is 0.731. The summed E-state index contributed by atoms with van der Waals surface area (Å²) in [7, 11) is 0. The Hall–Kier alpha value is -0.0800. The third kappa shape index (κ3) is 2.78. The van der Waals surface area contributed by atoms with Crippen molar-refractivity contribution >= 4 is 0 Å². The smallest absolute Gasteiger partial charge is 0.0246 e. The summed E-state index contributed by atoms with van der Waals surface area (Å²) in [5.41, 5.74) is 5.99. The number of hydrogen-bond donors (Lipinski definition) is 1. The van der Waals surface area contributed by atoms with Crippen molar-refractivity contribution < 1.29 is 0 Å². The molecule has 0 bridgehead atoms. The average molecular weight is 224 g/mol. The molecule has 2 heteroatoms. The Balaban J connectivity index is 1.98. The van der Waals surface area contributed by atoms with Crippen molar-refractivity contribution in [2.45, 2.75) is 70.4 Å². The van der Waals surface area contributed by atoms with Gasteiger partial charge in [-0.3, -0.25) is 4.90 Å². The lowest BCUT2D eigenvalue weighted by Crippen LogP contribution is -2.53. The Kier molecular flexibility index (Phi) is 4.66. The predicted molar refractivity (Wildman–Crippen MR) is 69.4 cm³/mol. The van der Waals surface area contributed by atoms with Gasteiger partial charge in [-0.1, -0.05) is 32.6 Å².